The normalized spacial score (nSPS) is 15.0. The average Bonchev–Trinajstić information content (AvgIpc) is 2.70. The summed E-state index contributed by atoms with van der Waals surface area (Å²) in [6.07, 6.45) is -4.46. The lowest BCUT2D eigenvalue weighted by molar-refractivity contribution is -0.137. The highest BCUT2D eigenvalue weighted by Gasteiger charge is 2.31. The Bertz CT molecular complexity index is 995. The van der Waals surface area contributed by atoms with Gasteiger partial charge in [0.2, 0.25) is 5.91 Å². The summed E-state index contributed by atoms with van der Waals surface area (Å²) < 4.78 is 43.8. The quantitative estimate of drug-likeness (QED) is 0.705. The van der Waals surface area contributed by atoms with Crippen LogP contribution in [-0.2, 0) is 28.7 Å². The van der Waals surface area contributed by atoms with Crippen molar-refractivity contribution in [2.45, 2.75) is 58.5 Å². The Morgan fingerprint density at radius 1 is 1.06 bits per heavy atom. The Balaban J connectivity index is 1.73. The fraction of sp³-hybridized carbons (Fsp3) is 0.417. The number of hydrogen-bond acceptors (Lipinski definition) is 3. The van der Waals surface area contributed by atoms with Crippen LogP contribution in [0.2, 0.25) is 0 Å². The van der Waals surface area contributed by atoms with Crippen LogP contribution >= 0.6 is 0 Å². The van der Waals surface area contributed by atoms with Crippen LogP contribution in [0.25, 0.3) is 11.1 Å². The van der Waals surface area contributed by atoms with E-state index in [0.29, 0.717) is 25.1 Å². The monoisotopic (exact) mass is 448 g/mol. The Morgan fingerprint density at radius 2 is 1.72 bits per heavy atom. The number of fused-ring (bicyclic) bond motifs is 1. The first-order valence-electron chi connectivity index (χ1n) is 10.4. The Kier molecular flexibility index (Phi) is 6.53. The van der Waals surface area contributed by atoms with Gasteiger partial charge in [0.05, 0.1) is 5.56 Å². The van der Waals surface area contributed by atoms with Crippen LogP contribution in [0.4, 0.5) is 18.0 Å². The van der Waals surface area contributed by atoms with E-state index in [1.54, 1.807) is 32.6 Å². The van der Waals surface area contributed by atoms with Crippen LogP contribution in [0.3, 0.4) is 0 Å². The third-order valence-electron chi connectivity index (χ3n) is 5.20. The largest absolute Gasteiger partial charge is 0.444 e. The van der Waals surface area contributed by atoms with Gasteiger partial charge in [-0.1, -0.05) is 30.3 Å². The van der Waals surface area contributed by atoms with Crippen molar-refractivity contribution in [1.82, 2.24) is 10.2 Å². The molecule has 0 fully saturated rings. The smallest absolute Gasteiger partial charge is 0.416 e. The van der Waals surface area contributed by atoms with Crippen LogP contribution < -0.4 is 5.32 Å². The molecule has 0 spiro atoms. The zero-order chi connectivity index (χ0) is 23.7. The summed E-state index contributed by atoms with van der Waals surface area (Å²) in [7, 11) is 0. The van der Waals surface area contributed by atoms with E-state index in [-0.39, 0.29) is 5.91 Å². The van der Waals surface area contributed by atoms with E-state index in [4.69, 9.17) is 4.74 Å². The fourth-order valence-electron chi connectivity index (χ4n) is 3.73. The highest BCUT2D eigenvalue weighted by Crippen LogP contribution is 2.34. The van der Waals surface area contributed by atoms with Gasteiger partial charge in [-0.25, -0.2) is 4.79 Å². The Morgan fingerprint density at radius 3 is 2.31 bits per heavy atom. The summed E-state index contributed by atoms with van der Waals surface area (Å²) in [6, 6.07) is 9.99. The summed E-state index contributed by atoms with van der Waals surface area (Å²) >= 11 is 0. The highest BCUT2D eigenvalue weighted by atomic mass is 19.4. The zero-order valence-electron chi connectivity index (χ0n) is 18.5. The summed E-state index contributed by atoms with van der Waals surface area (Å²) in [4.78, 5) is 26.5. The van der Waals surface area contributed by atoms with Gasteiger partial charge in [-0.15, -0.1) is 0 Å². The first kappa shape index (κ1) is 23.6. The van der Waals surface area contributed by atoms with Crippen molar-refractivity contribution >= 4 is 12.0 Å². The molecule has 1 N–H and O–H groups in total. The van der Waals surface area contributed by atoms with Gasteiger partial charge in [-0.2, -0.15) is 13.2 Å². The standard InChI is InChI=1S/C24H27F3N2O3/c1-15(28-22(31)32-23(2,3)4)21(30)29-13-12-20-17(14-29)6-5-7-19(20)16-8-10-18(11-9-16)24(25,26)27/h5-11,15H,12-14H2,1-4H3,(H,28,31)/t15-/m0/s1. The molecule has 0 saturated heterocycles. The number of hydrogen-bond donors (Lipinski definition) is 1. The van der Waals surface area contributed by atoms with Gasteiger partial charge >= 0.3 is 12.3 Å². The molecule has 0 bridgehead atoms. The number of ether oxygens (including phenoxy) is 1. The third kappa shape index (κ3) is 5.60. The lowest BCUT2D eigenvalue weighted by atomic mass is 9.90. The molecule has 1 aliphatic heterocycles. The van der Waals surface area contributed by atoms with Gasteiger partial charge in [0, 0.05) is 13.1 Å². The second-order valence-electron chi connectivity index (χ2n) is 8.90. The van der Waals surface area contributed by atoms with Crippen LogP contribution in [-0.4, -0.2) is 35.1 Å². The maximum Gasteiger partial charge on any atom is 0.416 e. The molecule has 3 rings (SSSR count). The fourth-order valence-corrected chi connectivity index (χ4v) is 3.73. The van der Waals surface area contributed by atoms with Gasteiger partial charge in [0.15, 0.2) is 0 Å². The Hall–Kier alpha value is -3.03. The highest BCUT2D eigenvalue weighted by molar-refractivity contribution is 5.85. The van der Waals surface area contributed by atoms with Gasteiger partial charge in [-0.3, -0.25) is 4.79 Å². The molecule has 5 nitrogen and oxygen atoms in total. The molecule has 172 valence electrons. The minimum absolute atomic E-state index is 0.221. The molecule has 0 aromatic heterocycles. The maximum atomic E-state index is 12.9. The predicted molar refractivity (Wildman–Crippen MR) is 115 cm³/mol. The summed E-state index contributed by atoms with van der Waals surface area (Å²) in [5.74, 6) is -0.221. The van der Waals surface area contributed by atoms with Crippen LogP contribution in [0.15, 0.2) is 42.5 Å². The molecule has 0 unspecified atom stereocenters. The number of nitrogens with zero attached hydrogens (tertiary/aromatic N) is 1. The van der Waals surface area contributed by atoms with Crippen molar-refractivity contribution in [2.75, 3.05) is 6.54 Å². The van der Waals surface area contributed by atoms with Crippen LogP contribution in [0.5, 0.6) is 0 Å². The number of carbonyl (C=O) groups excluding carboxylic acids is 2. The molecular formula is C24H27F3N2O3. The molecule has 1 heterocycles. The van der Waals surface area contributed by atoms with E-state index >= 15 is 0 Å². The van der Waals surface area contributed by atoms with E-state index < -0.39 is 29.5 Å². The van der Waals surface area contributed by atoms with Crippen molar-refractivity contribution < 1.29 is 27.5 Å². The minimum Gasteiger partial charge on any atom is -0.444 e. The second-order valence-corrected chi connectivity index (χ2v) is 8.90. The number of alkyl carbamates (subject to hydrolysis) is 1. The minimum atomic E-state index is -4.38. The van der Waals surface area contributed by atoms with E-state index in [9.17, 15) is 22.8 Å². The molecule has 2 aromatic rings. The van der Waals surface area contributed by atoms with Crippen molar-refractivity contribution in [3.8, 4) is 11.1 Å². The van der Waals surface area contributed by atoms with Gasteiger partial charge in [-0.05, 0) is 68.5 Å². The molecule has 0 radical (unpaired) electrons. The van der Waals surface area contributed by atoms with E-state index in [1.807, 2.05) is 18.2 Å². The maximum absolute atomic E-state index is 12.9. The number of nitrogens with one attached hydrogen (secondary N) is 1. The first-order valence-corrected chi connectivity index (χ1v) is 10.4. The van der Waals surface area contributed by atoms with Crippen molar-refractivity contribution in [3.63, 3.8) is 0 Å². The lowest BCUT2D eigenvalue weighted by Gasteiger charge is -2.32. The SMILES string of the molecule is C[C@H](NC(=O)OC(C)(C)C)C(=O)N1CCc2c(cccc2-c2ccc(C(F)(F)F)cc2)C1. The lowest BCUT2D eigenvalue weighted by Crippen LogP contribution is -2.49. The molecule has 0 saturated carbocycles. The molecular weight excluding hydrogens is 421 g/mol. The summed E-state index contributed by atoms with van der Waals surface area (Å²) in [5, 5.41) is 2.57. The van der Waals surface area contributed by atoms with Gasteiger partial charge in [0.25, 0.3) is 0 Å². The zero-order valence-corrected chi connectivity index (χ0v) is 18.5. The predicted octanol–water partition coefficient (Wildman–Crippen LogP) is 5.17. The molecule has 0 aliphatic carbocycles. The van der Waals surface area contributed by atoms with Crippen molar-refractivity contribution in [3.05, 3.63) is 59.2 Å². The molecule has 2 aromatic carbocycles. The number of benzene rings is 2. The average molecular weight is 448 g/mol. The Labute approximate surface area is 185 Å². The number of carbonyl (C=O) groups is 2. The second kappa shape index (κ2) is 8.84. The van der Waals surface area contributed by atoms with Crippen molar-refractivity contribution in [2.24, 2.45) is 0 Å². The summed E-state index contributed by atoms with van der Waals surface area (Å²) in [5.41, 5.74) is 2.17. The third-order valence-corrected chi connectivity index (χ3v) is 5.20. The topological polar surface area (TPSA) is 58.6 Å². The number of alkyl halides is 3. The van der Waals surface area contributed by atoms with Gasteiger partial charge in [0.1, 0.15) is 11.6 Å². The molecule has 8 heteroatoms. The number of rotatable bonds is 3. The first-order chi connectivity index (χ1) is 14.8. The number of halogens is 3. The van der Waals surface area contributed by atoms with E-state index in [1.165, 1.54) is 12.1 Å². The van der Waals surface area contributed by atoms with Gasteiger partial charge < -0.3 is 15.0 Å². The van der Waals surface area contributed by atoms with E-state index in [0.717, 1.165) is 28.8 Å². The molecule has 2 amide bonds. The molecule has 1 atom stereocenters. The summed E-state index contributed by atoms with van der Waals surface area (Å²) in [6.45, 7) is 7.66. The van der Waals surface area contributed by atoms with Crippen LogP contribution in [0, 0.1) is 0 Å². The van der Waals surface area contributed by atoms with E-state index in [2.05, 4.69) is 5.32 Å². The van der Waals surface area contributed by atoms with Crippen molar-refractivity contribution in [1.29, 1.82) is 0 Å². The molecule has 1 aliphatic rings. The number of amides is 2. The molecule has 32 heavy (non-hydrogen) atoms. The van der Waals surface area contributed by atoms with Crippen LogP contribution in [0.1, 0.15) is 44.4 Å².